The van der Waals surface area contributed by atoms with E-state index in [2.05, 4.69) is 5.32 Å². The van der Waals surface area contributed by atoms with E-state index in [1.165, 1.54) is 12.1 Å². The first-order valence-corrected chi connectivity index (χ1v) is 10.4. The van der Waals surface area contributed by atoms with Crippen molar-refractivity contribution in [1.29, 1.82) is 0 Å². The lowest BCUT2D eigenvalue weighted by Gasteiger charge is -2.20. The third-order valence-electron chi connectivity index (χ3n) is 5.30. The molecule has 32 heavy (non-hydrogen) atoms. The number of aryl methyl sites for hydroxylation is 1. The first kappa shape index (κ1) is 23.1. The lowest BCUT2D eigenvalue weighted by Crippen LogP contribution is -2.30. The molecule has 0 aromatic heterocycles. The van der Waals surface area contributed by atoms with Gasteiger partial charge in [0.15, 0.2) is 11.5 Å². The maximum atomic E-state index is 13.3. The number of amides is 1. The van der Waals surface area contributed by atoms with Crippen molar-refractivity contribution in [2.75, 3.05) is 21.3 Å². The summed E-state index contributed by atoms with van der Waals surface area (Å²) in [4.78, 5) is 12.8. The smallest absolute Gasteiger partial charge is 0.220 e. The van der Waals surface area contributed by atoms with E-state index in [0.29, 0.717) is 30.8 Å². The van der Waals surface area contributed by atoms with Crippen LogP contribution >= 0.6 is 0 Å². The van der Waals surface area contributed by atoms with Crippen molar-refractivity contribution >= 4 is 5.91 Å². The Bertz CT molecular complexity index is 1020. The summed E-state index contributed by atoms with van der Waals surface area (Å²) in [7, 11) is 4.79. The number of hydrogen-bond donors (Lipinski definition) is 1. The van der Waals surface area contributed by atoms with Crippen molar-refractivity contribution in [3.8, 4) is 17.2 Å². The lowest BCUT2D eigenvalue weighted by molar-refractivity contribution is -0.121. The largest absolute Gasteiger partial charge is 0.497 e. The summed E-state index contributed by atoms with van der Waals surface area (Å²) in [5.74, 6) is 1.68. The van der Waals surface area contributed by atoms with Crippen molar-refractivity contribution < 1.29 is 23.4 Å². The quantitative estimate of drug-likeness (QED) is 0.491. The van der Waals surface area contributed by atoms with Gasteiger partial charge in [-0.15, -0.1) is 0 Å². The molecule has 1 N–H and O–H groups in total. The standard InChI is InChI=1S/C26H28FNO4/c1-30-22-12-8-20(9-13-22)23(16-18-4-10-21(27)11-5-18)28-26(29)15-7-19-6-14-24(31-2)25(17-19)32-3/h4-6,8-14,17,23H,7,15-16H2,1-3H3,(H,28,29). The molecule has 0 heterocycles. The summed E-state index contributed by atoms with van der Waals surface area (Å²) in [6.07, 6.45) is 1.44. The molecule has 3 aromatic carbocycles. The molecule has 3 aromatic rings. The van der Waals surface area contributed by atoms with Gasteiger partial charge in [-0.2, -0.15) is 0 Å². The predicted octanol–water partition coefficient (Wildman–Crippen LogP) is 4.88. The van der Waals surface area contributed by atoms with Crippen LogP contribution in [0.25, 0.3) is 0 Å². The van der Waals surface area contributed by atoms with Gasteiger partial charge in [0.05, 0.1) is 27.4 Å². The first-order chi connectivity index (χ1) is 15.5. The molecule has 3 rings (SSSR count). The first-order valence-electron chi connectivity index (χ1n) is 10.4. The number of halogens is 1. The third kappa shape index (κ3) is 6.23. The van der Waals surface area contributed by atoms with Gasteiger partial charge < -0.3 is 19.5 Å². The molecule has 1 unspecified atom stereocenters. The van der Waals surface area contributed by atoms with Crippen molar-refractivity contribution in [2.45, 2.75) is 25.3 Å². The maximum Gasteiger partial charge on any atom is 0.220 e. The summed E-state index contributed by atoms with van der Waals surface area (Å²) in [6, 6.07) is 19.3. The Hall–Kier alpha value is -3.54. The van der Waals surface area contributed by atoms with E-state index in [0.717, 1.165) is 22.4 Å². The van der Waals surface area contributed by atoms with Gasteiger partial charge in [-0.3, -0.25) is 4.79 Å². The summed E-state index contributed by atoms with van der Waals surface area (Å²) in [5.41, 5.74) is 2.87. The molecule has 0 radical (unpaired) electrons. The van der Waals surface area contributed by atoms with Crippen molar-refractivity contribution in [2.24, 2.45) is 0 Å². The number of nitrogens with one attached hydrogen (secondary N) is 1. The molecule has 5 nitrogen and oxygen atoms in total. The average Bonchev–Trinajstić information content (AvgIpc) is 2.83. The maximum absolute atomic E-state index is 13.3. The van der Waals surface area contributed by atoms with Crippen LogP contribution in [0.4, 0.5) is 4.39 Å². The van der Waals surface area contributed by atoms with E-state index in [9.17, 15) is 9.18 Å². The minimum Gasteiger partial charge on any atom is -0.497 e. The molecule has 0 fully saturated rings. The zero-order chi connectivity index (χ0) is 22.9. The van der Waals surface area contributed by atoms with Gasteiger partial charge >= 0.3 is 0 Å². The number of rotatable bonds is 10. The monoisotopic (exact) mass is 437 g/mol. The Labute approximate surface area is 188 Å². The van der Waals surface area contributed by atoms with E-state index >= 15 is 0 Å². The fourth-order valence-corrected chi connectivity index (χ4v) is 3.51. The second-order valence-corrected chi connectivity index (χ2v) is 7.41. The van der Waals surface area contributed by atoms with Crippen LogP contribution < -0.4 is 19.5 Å². The molecular weight excluding hydrogens is 409 g/mol. The highest BCUT2D eigenvalue weighted by Gasteiger charge is 2.16. The van der Waals surface area contributed by atoms with Crippen LogP contribution in [0, 0.1) is 5.82 Å². The molecular formula is C26H28FNO4. The Morgan fingerprint density at radius 3 is 2.12 bits per heavy atom. The van der Waals surface area contributed by atoms with Crippen LogP contribution in [0.2, 0.25) is 0 Å². The Morgan fingerprint density at radius 2 is 1.50 bits per heavy atom. The highest BCUT2D eigenvalue weighted by molar-refractivity contribution is 5.76. The second-order valence-electron chi connectivity index (χ2n) is 7.41. The number of benzene rings is 3. The van der Waals surface area contributed by atoms with Crippen molar-refractivity contribution in [3.05, 3.63) is 89.2 Å². The summed E-state index contributed by atoms with van der Waals surface area (Å²) >= 11 is 0. The molecule has 0 aliphatic heterocycles. The molecule has 0 aliphatic rings. The molecule has 0 saturated heterocycles. The Balaban J connectivity index is 1.70. The Morgan fingerprint density at radius 1 is 0.844 bits per heavy atom. The van der Waals surface area contributed by atoms with Gasteiger partial charge in [0, 0.05) is 6.42 Å². The van der Waals surface area contributed by atoms with Gasteiger partial charge in [0.25, 0.3) is 0 Å². The van der Waals surface area contributed by atoms with E-state index in [1.54, 1.807) is 33.5 Å². The van der Waals surface area contributed by atoms with Gasteiger partial charge in [-0.25, -0.2) is 4.39 Å². The second kappa shape index (κ2) is 11.2. The van der Waals surface area contributed by atoms with E-state index in [1.807, 2.05) is 42.5 Å². The van der Waals surface area contributed by atoms with Crippen LogP contribution in [0.3, 0.4) is 0 Å². The topological polar surface area (TPSA) is 56.8 Å². The molecule has 0 spiro atoms. The number of carbonyl (C=O) groups is 1. The number of ether oxygens (including phenoxy) is 3. The fraction of sp³-hybridized carbons (Fsp3) is 0.269. The normalized spacial score (nSPS) is 11.5. The fourth-order valence-electron chi connectivity index (χ4n) is 3.51. The summed E-state index contributed by atoms with van der Waals surface area (Å²) in [6.45, 7) is 0. The SMILES string of the molecule is COc1ccc(C(Cc2ccc(F)cc2)NC(=O)CCc2ccc(OC)c(OC)c2)cc1. The number of hydrogen-bond acceptors (Lipinski definition) is 4. The molecule has 0 saturated carbocycles. The molecule has 0 bridgehead atoms. The zero-order valence-electron chi connectivity index (χ0n) is 18.6. The molecule has 168 valence electrons. The van der Waals surface area contributed by atoms with Crippen molar-refractivity contribution in [3.63, 3.8) is 0 Å². The zero-order valence-corrected chi connectivity index (χ0v) is 18.6. The number of methoxy groups -OCH3 is 3. The highest BCUT2D eigenvalue weighted by atomic mass is 19.1. The van der Waals surface area contributed by atoms with Gasteiger partial charge in [-0.1, -0.05) is 30.3 Å². The van der Waals surface area contributed by atoms with Crippen LogP contribution in [0.15, 0.2) is 66.7 Å². The summed E-state index contributed by atoms with van der Waals surface area (Å²) < 4.78 is 29.1. The molecule has 0 aliphatic carbocycles. The van der Waals surface area contributed by atoms with E-state index in [-0.39, 0.29) is 17.8 Å². The van der Waals surface area contributed by atoms with Crippen LogP contribution in [0.1, 0.15) is 29.2 Å². The predicted molar refractivity (Wildman–Crippen MR) is 122 cm³/mol. The molecule has 1 amide bonds. The summed E-state index contributed by atoms with van der Waals surface area (Å²) in [5, 5.41) is 3.13. The van der Waals surface area contributed by atoms with Gasteiger partial charge in [0.1, 0.15) is 11.6 Å². The van der Waals surface area contributed by atoms with Crippen LogP contribution in [-0.2, 0) is 17.6 Å². The van der Waals surface area contributed by atoms with Gasteiger partial charge in [-0.05, 0) is 65.9 Å². The lowest BCUT2D eigenvalue weighted by atomic mass is 9.98. The molecule has 6 heteroatoms. The number of carbonyl (C=O) groups excluding carboxylic acids is 1. The third-order valence-corrected chi connectivity index (χ3v) is 5.30. The minimum atomic E-state index is -0.284. The van der Waals surface area contributed by atoms with E-state index in [4.69, 9.17) is 14.2 Å². The average molecular weight is 438 g/mol. The Kier molecular flexibility index (Phi) is 8.08. The minimum absolute atomic E-state index is 0.0669. The highest BCUT2D eigenvalue weighted by Crippen LogP contribution is 2.28. The van der Waals surface area contributed by atoms with Crippen molar-refractivity contribution in [1.82, 2.24) is 5.32 Å². The molecule has 1 atom stereocenters. The van der Waals surface area contributed by atoms with Gasteiger partial charge in [0.2, 0.25) is 5.91 Å². The van der Waals surface area contributed by atoms with Crippen LogP contribution in [0.5, 0.6) is 17.2 Å². The van der Waals surface area contributed by atoms with Crippen LogP contribution in [-0.4, -0.2) is 27.2 Å². The van der Waals surface area contributed by atoms with E-state index < -0.39 is 0 Å².